The summed E-state index contributed by atoms with van der Waals surface area (Å²) in [7, 11) is 1.84. The fourth-order valence-corrected chi connectivity index (χ4v) is 3.86. The molecular weight excluding hydrogens is 318 g/mol. The lowest BCUT2D eigenvalue weighted by Gasteiger charge is -2.38. The molecule has 0 aliphatic carbocycles. The van der Waals surface area contributed by atoms with Crippen molar-refractivity contribution in [3.05, 3.63) is 41.5 Å². The molecule has 1 amide bonds. The van der Waals surface area contributed by atoms with Gasteiger partial charge < -0.3 is 14.5 Å². The molecule has 0 N–H and O–H groups in total. The first kappa shape index (κ1) is 16.1. The summed E-state index contributed by atoms with van der Waals surface area (Å²) in [6, 6.07) is 4.31. The number of aromatic nitrogens is 3. The molecule has 2 atom stereocenters. The Kier molecular flexibility index (Phi) is 3.95. The molecule has 0 unspecified atom stereocenters. The van der Waals surface area contributed by atoms with E-state index in [1.165, 1.54) is 0 Å². The topological polar surface area (TPSA) is 63.5 Å². The van der Waals surface area contributed by atoms with E-state index in [9.17, 15) is 4.79 Å². The van der Waals surface area contributed by atoms with Crippen molar-refractivity contribution in [1.82, 2.24) is 19.7 Å². The molecule has 2 fully saturated rings. The number of hydrogen-bond donors (Lipinski definition) is 0. The highest BCUT2D eigenvalue weighted by Crippen LogP contribution is 2.29. The van der Waals surface area contributed by atoms with Crippen molar-refractivity contribution in [2.75, 3.05) is 31.1 Å². The molecule has 2 aromatic heterocycles. The van der Waals surface area contributed by atoms with E-state index < -0.39 is 0 Å². The lowest BCUT2D eigenvalue weighted by atomic mass is 10.1. The second kappa shape index (κ2) is 6.15. The van der Waals surface area contributed by atoms with Gasteiger partial charge in [-0.25, -0.2) is 0 Å². The van der Waals surface area contributed by atoms with Gasteiger partial charge in [0.25, 0.3) is 5.91 Å². The van der Waals surface area contributed by atoms with E-state index in [0.717, 1.165) is 23.6 Å². The molecule has 2 saturated heterocycles. The fraction of sp³-hybridized carbons (Fsp3) is 0.500. The average Bonchev–Trinajstić information content (AvgIpc) is 3.16. The molecule has 0 spiro atoms. The SMILES string of the molecule is Cc1cc(N2CCO[C@H]3CN(C(=O)c4cn(C)nc4C)C[C@@H]32)ccn1. The van der Waals surface area contributed by atoms with Crippen LogP contribution >= 0.6 is 0 Å². The minimum absolute atomic E-state index is 0.0365. The number of aryl methyl sites for hydroxylation is 3. The monoisotopic (exact) mass is 341 g/mol. The normalized spacial score (nSPS) is 23.0. The maximum atomic E-state index is 12.9. The summed E-state index contributed by atoms with van der Waals surface area (Å²) < 4.78 is 7.65. The number of anilines is 1. The summed E-state index contributed by atoms with van der Waals surface area (Å²) >= 11 is 0. The van der Waals surface area contributed by atoms with Crippen LogP contribution in [0.15, 0.2) is 24.5 Å². The van der Waals surface area contributed by atoms with E-state index >= 15 is 0 Å². The van der Waals surface area contributed by atoms with Crippen LogP contribution in [0.3, 0.4) is 0 Å². The van der Waals surface area contributed by atoms with Gasteiger partial charge in [0.1, 0.15) is 0 Å². The number of hydrogen-bond acceptors (Lipinski definition) is 5. The van der Waals surface area contributed by atoms with Gasteiger partial charge in [0, 0.05) is 50.5 Å². The Morgan fingerprint density at radius 1 is 1.32 bits per heavy atom. The molecule has 7 heteroatoms. The average molecular weight is 341 g/mol. The Bertz CT molecular complexity index is 803. The Labute approximate surface area is 147 Å². The third kappa shape index (κ3) is 2.89. The molecule has 132 valence electrons. The van der Waals surface area contributed by atoms with E-state index in [4.69, 9.17) is 4.74 Å². The number of rotatable bonds is 2. The third-order valence-electron chi connectivity index (χ3n) is 5.04. The predicted molar refractivity (Wildman–Crippen MR) is 93.7 cm³/mol. The molecule has 25 heavy (non-hydrogen) atoms. The Morgan fingerprint density at radius 2 is 2.16 bits per heavy atom. The summed E-state index contributed by atoms with van der Waals surface area (Å²) in [5, 5.41) is 4.29. The summed E-state index contributed by atoms with van der Waals surface area (Å²) in [5.41, 5.74) is 3.59. The highest BCUT2D eigenvalue weighted by Gasteiger charge is 2.42. The Morgan fingerprint density at radius 3 is 2.88 bits per heavy atom. The van der Waals surface area contributed by atoms with Crippen LogP contribution in [0, 0.1) is 13.8 Å². The zero-order chi connectivity index (χ0) is 17.6. The van der Waals surface area contributed by atoms with Gasteiger partial charge in [-0.3, -0.25) is 14.5 Å². The number of nitrogens with zero attached hydrogens (tertiary/aromatic N) is 5. The molecule has 2 aromatic rings. The van der Waals surface area contributed by atoms with Gasteiger partial charge in [0.05, 0.1) is 30.0 Å². The smallest absolute Gasteiger partial charge is 0.257 e. The van der Waals surface area contributed by atoms with Gasteiger partial charge in [-0.05, 0) is 26.0 Å². The van der Waals surface area contributed by atoms with Crippen molar-refractivity contribution >= 4 is 11.6 Å². The number of carbonyl (C=O) groups excluding carboxylic acids is 1. The molecule has 7 nitrogen and oxygen atoms in total. The maximum Gasteiger partial charge on any atom is 0.257 e. The summed E-state index contributed by atoms with van der Waals surface area (Å²) in [5.74, 6) is 0.0365. The highest BCUT2D eigenvalue weighted by molar-refractivity contribution is 5.95. The van der Waals surface area contributed by atoms with Gasteiger partial charge in [-0.1, -0.05) is 0 Å². The van der Waals surface area contributed by atoms with Crippen LogP contribution in [0.5, 0.6) is 0 Å². The Hall–Kier alpha value is -2.41. The number of pyridine rings is 1. The van der Waals surface area contributed by atoms with Gasteiger partial charge in [0.15, 0.2) is 0 Å². The van der Waals surface area contributed by atoms with Crippen molar-refractivity contribution < 1.29 is 9.53 Å². The van der Waals surface area contributed by atoms with Crippen LogP contribution in [0.25, 0.3) is 0 Å². The molecule has 4 heterocycles. The summed E-state index contributed by atoms with van der Waals surface area (Å²) in [6.45, 7) is 6.67. The zero-order valence-corrected chi connectivity index (χ0v) is 14.8. The molecular formula is C18H23N5O2. The molecule has 0 bridgehead atoms. The minimum Gasteiger partial charge on any atom is -0.372 e. The molecule has 0 aromatic carbocycles. The van der Waals surface area contributed by atoms with Gasteiger partial charge in [-0.15, -0.1) is 0 Å². The van der Waals surface area contributed by atoms with Crippen LogP contribution in [0.4, 0.5) is 5.69 Å². The van der Waals surface area contributed by atoms with E-state index in [0.29, 0.717) is 25.3 Å². The molecule has 2 aliphatic rings. The van der Waals surface area contributed by atoms with Crippen LogP contribution in [0.1, 0.15) is 21.7 Å². The number of morpholine rings is 1. The number of ether oxygens (including phenoxy) is 1. The standard InChI is InChI=1S/C18H23N5O2/c1-12-8-14(4-5-19-12)23-6-7-25-17-11-22(10-16(17)23)18(24)15-9-21(3)20-13(15)2/h4-5,8-9,16-17H,6-7,10-11H2,1-3H3/t16-,17-/m0/s1. The molecule has 0 radical (unpaired) electrons. The lowest BCUT2D eigenvalue weighted by Crippen LogP contribution is -2.51. The second-order valence-corrected chi connectivity index (χ2v) is 6.84. The van der Waals surface area contributed by atoms with Crippen LogP contribution in [-0.2, 0) is 11.8 Å². The summed E-state index contributed by atoms with van der Waals surface area (Å²) in [6.07, 6.45) is 3.68. The van der Waals surface area contributed by atoms with Crippen LogP contribution in [0.2, 0.25) is 0 Å². The van der Waals surface area contributed by atoms with Crippen molar-refractivity contribution in [2.24, 2.45) is 7.05 Å². The first-order valence-corrected chi connectivity index (χ1v) is 8.63. The first-order chi connectivity index (χ1) is 12.0. The number of amides is 1. The van der Waals surface area contributed by atoms with Gasteiger partial charge >= 0.3 is 0 Å². The Balaban J connectivity index is 1.56. The second-order valence-electron chi connectivity index (χ2n) is 6.84. The number of likely N-dealkylation sites (tertiary alicyclic amines) is 1. The van der Waals surface area contributed by atoms with Crippen molar-refractivity contribution in [3.63, 3.8) is 0 Å². The molecule has 2 aliphatic heterocycles. The first-order valence-electron chi connectivity index (χ1n) is 8.63. The maximum absolute atomic E-state index is 12.9. The van der Waals surface area contributed by atoms with E-state index in [2.05, 4.69) is 21.0 Å². The quantitative estimate of drug-likeness (QED) is 0.820. The van der Waals surface area contributed by atoms with Crippen molar-refractivity contribution in [1.29, 1.82) is 0 Å². The van der Waals surface area contributed by atoms with Gasteiger partial charge in [-0.2, -0.15) is 5.10 Å². The lowest BCUT2D eigenvalue weighted by molar-refractivity contribution is 0.0302. The van der Waals surface area contributed by atoms with E-state index in [1.807, 2.05) is 38.1 Å². The fourth-order valence-electron chi connectivity index (χ4n) is 3.86. The van der Waals surface area contributed by atoms with Crippen LogP contribution < -0.4 is 4.90 Å². The van der Waals surface area contributed by atoms with Crippen LogP contribution in [-0.4, -0.2) is 64.0 Å². The predicted octanol–water partition coefficient (Wildman–Crippen LogP) is 1.16. The molecule has 0 saturated carbocycles. The van der Waals surface area contributed by atoms with Crippen molar-refractivity contribution in [3.8, 4) is 0 Å². The van der Waals surface area contributed by atoms with Crippen molar-refractivity contribution in [2.45, 2.75) is 26.0 Å². The number of fused-ring (bicyclic) bond motifs is 1. The third-order valence-corrected chi connectivity index (χ3v) is 5.04. The molecule has 4 rings (SSSR count). The van der Waals surface area contributed by atoms with E-state index in [1.54, 1.807) is 10.9 Å². The van der Waals surface area contributed by atoms with Gasteiger partial charge in [0.2, 0.25) is 0 Å². The number of carbonyl (C=O) groups is 1. The minimum atomic E-state index is 0.0365. The van der Waals surface area contributed by atoms with E-state index in [-0.39, 0.29) is 18.1 Å². The highest BCUT2D eigenvalue weighted by atomic mass is 16.5. The zero-order valence-electron chi connectivity index (χ0n) is 14.8. The largest absolute Gasteiger partial charge is 0.372 e. The summed E-state index contributed by atoms with van der Waals surface area (Å²) in [4.78, 5) is 21.4.